The second-order valence-corrected chi connectivity index (χ2v) is 6.12. The summed E-state index contributed by atoms with van der Waals surface area (Å²) in [5.41, 5.74) is 2.95. The number of aromatic nitrogens is 2. The molecule has 0 fully saturated rings. The summed E-state index contributed by atoms with van der Waals surface area (Å²) in [6.07, 6.45) is 1.89. The molecule has 3 aromatic rings. The normalized spacial score (nSPS) is 10.7. The summed E-state index contributed by atoms with van der Waals surface area (Å²) in [5.74, 6) is 1.45. The molecule has 0 radical (unpaired) electrons. The number of para-hydroxylation sites is 1. The number of rotatable bonds is 7. The number of carbonyl (C=O) groups is 1. The Bertz CT molecular complexity index is 875. The predicted octanol–water partition coefficient (Wildman–Crippen LogP) is 3.62. The van der Waals surface area contributed by atoms with Crippen LogP contribution in [0, 0.1) is 13.8 Å². The predicted molar refractivity (Wildman–Crippen MR) is 98.0 cm³/mol. The lowest BCUT2D eigenvalue weighted by molar-refractivity contribution is 0.0918. The van der Waals surface area contributed by atoms with Crippen molar-refractivity contribution in [1.29, 1.82) is 0 Å². The molecule has 136 valence electrons. The van der Waals surface area contributed by atoms with Gasteiger partial charge in [-0.2, -0.15) is 5.10 Å². The molecule has 0 atom stereocenters. The first-order valence-electron chi connectivity index (χ1n) is 8.65. The van der Waals surface area contributed by atoms with Crippen molar-refractivity contribution in [1.82, 2.24) is 15.1 Å². The molecule has 2 heterocycles. The van der Waals surface area contributed by atoms with E-state index in [2.05, 4.69) is 10.4 Å². The van der Waals surface area contributed by atoms with Gasteiger partial charge in [0, 0.05) is 12.7 Å². The molecule has 0 saturated heterocycles. The first-order chi connectivity index (χ1) is 12.6. The van der Waals surface area contributed by atoms with Gasteiger partial charge in [0.1, 0.15) is 18.1 Å². The third kappa shape index (κ3) is 4.14. The van der Waals surface area contributed by atoms with E-state index >= 15 is 0 Å². The van der Waals surface area contributed by atoms with Crippen LogP contribution in [0.5, 0.6) is 5.75 Å². The maximum atomic E-state index is 12.2. The van der Waals surface area contributed by atoms with Crippen LogP contribution in [0.15, 0.2) is 47.0 Å². The molecular weight excluding hydrogens is 330 g/mol. The van der Waals surface area contributed by atoms with E-state index in [9.17, 15) is 4.79 Å². The summed E-state index contributed by atoms with van der Waals surface area (Å²) in [6.45, 7) is 7.46. The van der Waals surface area contributed by atoms with Crippen LogP contribution in [0.25, 0.3) is 0 Å². The number of amides is 1. The molecule has 0 bridgehead atoms. The topological polar surface area (TPSA) is 69.3 Å². The number of ether oxygens (including phenoxy) is 1. The molecule has 1 aromatic carbocycles. The Morgan fingerprint density at radius 2 is 1.96 bits per heavy atom. The first kappa shape index (κ1) is 17.8. The molecule has 1 N–H and O–H groups in total. The van der Waals surface area contributed by atoms with E-state index in [1.165, 1.54) is 0 Å². The fraction of sp³-hybridized carbons (Fsp3) is 0.300. The van der Waals surface area contributed by atoms with E-state index < -0.39 is 0 Å². The van der Waals surface area contributed by atoms with Crippen LogP contribution in [-0.4, -0.2) is 15.7 Å². The average molecular weight is 353 g/mol. The van der Waals surface area contributed by atoms with E-state index in [0.717, 1.165) is 29.1 Å². The molecule has 0 spiro atoms. The number of hydrogen-bond acceptors (Lipinski definition) is 4. The van der Waals surface area contributed by atoms with Gasteiger partial charge in [-0.05, 0) is 50.1 Å². The van der Waals surface area contributed by atoms with Gasteiger partial charge >= 0.3 is 0 Å². The minimum Gasteiger partial charge on any atom is -0.485 e. The van der Waals surface area contributed by atoms with Gasteiger partial charge in [0.05, 0.1) is 12.2 Å². The van der Waals surface area contributed by atoms with Crippen LogP contribution < -0.4 is 10.1 Å². The number of aryl methyl sites for hydroxylation is 3. The molecule has 0 aliphatic carbocycles. The van der Waals surface area contributed by atoms with Crippen molar-refractivity contribution in [2.45, 2.75) is 40.5 Å². The Labute approximate surface area is 152 Å². The monoisotopic (exact) mass is 353 g/mol. The van der Waals surface area contributed by atoms with Crippen LogP contribution in [0.3, 0.4) is 0 Å². The number of nitrogens with zero attached hydrogens (tertiary/aromatic N) is 2. The van der Waals surface area contributed by atoms with Gasteiger partial charge in [0.15, 0.2) is 5.76 Å². The Morgan fingerprint density at radius 1 is 1.19 bits per heavy atom. The Kier molecular flexibility index (Phi) is 5.41. The standard InChI is InChI=1S/C20H23N3O3/c1-4-23-11-10-16(22-23)12-21-20(24)18-9-8-17(26-18)13-25-19-14(2)6-5-7-15(19)3/h5-11H,4,12-13H2,1-3H3,(H,21,24). The lowest BCUT2D eigenvalue weighted by Crippen LogP contribution is -2.22. The van der Waals surface area contributed by atoms with Gasteiger partial charge in [-0.1, -0.05) is 18.2 Å². The van der Waals surface area contributed by atoms with Crippen molar-refractivity contribution >= 4 is 5.91 Å². The van der Waals surface area contributed by atoms with Gasteiger partial charge in [0.2, 0.25) is 0 Å². The van der Waals surface area contributed by atoms with Gasteiger partial charge in [-0.15, -0.1) is 0 Å². The lowest BCUT2D eigenvalue weighted by atomic mass is 10.1. The fourth-order valence-corrected chi connectivity index (χ4v) is 2.68. The maximum absolute atomic E-state index is 12.2. The molecule has 6 nitrogen and oxygen atoms in total. The average Bonchev–Trinajstić information content (AvgIpc) is 3.28. The number of furan rings is 1. The Hall–Kier alpha value is -3.02. The third-order valence-electron chi connectivity index (χ3n) is 4.10. The molecule has 2 aromatic heterocycles. The maximum Gasteiger partial charge on any atom is 0.287 e. The zero-order valence-corrected chi connectivity index (χ0v) is 15.3. The second kappa shape index (κ2) is 7.91. The van der Waals surface area contributed by atoms with Gasteiger partial charge < -0.3 is 14.5 Å². The van der Waals surface area contributed by atoms with Gasteiger partial charge in [-0.25, -0.2) is 0 Å². The van der Waals surface area contributed by atoms with Crippen molar-refractivity contribution in [2.75, 3.05) is 0 Å². The van der Waals surface area contributed by atoms with Crippen molar-refractivity contribution in [3.8, 4) is 5.75 Å². The smallest absolute Gasteiger partial charge is 0.287 e. The summed E-state index contributed by atoms with van der Waals surface area (Å²) in [7, 11) is 0. The second-order valence-electron chi connectivity index (χ2n) is 6.12. The number of carbonyl (C=O) groups excluding carboxylic acids is 1. The van der Waals surface area contributed by atoms with Crippen LogP contribution >= 0.6 is 0 Å². The summed E-state index contributed by atoms with van der Waals surface area (Å²) in [5, 5.41) is 7.14. The Balaban J connectivity index is 1.56. The highest BCUT2D eigenvalue weighted by molar-refractivity contribution is 5.91. The highest BCUT2D eigenvalue weighted by Gasteiger charge is 2.12. The highest BCUT2D eigenvalue weighted by atomic mass is 16.5. The molecule has 0 saturated carbocycles. The van der Waals surface area contributed by atoms with Gasteiger partial charge in [-0.3, -0.25) is 9.48 Å². The number of hydrogen-bond donors (Lipinski definition) is 1. The Morgan fingerprint density at radius 3 is 2.65 bits per heavy atom. The van der Waals surface area contributed by atoms with Crippen molar-refractivity contribution in [3.05, 3.63) is 70.9 Å². The zero-order valence-electron chi connectivity index (χ0n) is 15.3. The summed E-state index contributed by atoms with van der Waals surface area (Å²) in [6, 6.07) is 11.3. The summed E-state index contributed by atoms with van der Waals surface area (Å²) < 4.78 is 13.3. The summed E-state index contributed by atoms with van der Waals surface area (Å²) in [4.78, 5) is 12.2. The minimum atomic E-state index is -0.269. The first-order valence-corrected chi connectivity index (χ1v) is 8.65. The number of nitrogens with one attached hydrogen (secondary N) is 1. The van der Waals surface area contributed by atoms with E-state index in [4.69, 9.17) is 9.15 Å². The van der Waals surface area contributed by atoms with Crippen LogP contribution in [-0.2, 0) is 19.7 Å². The lowest BCUT2D eigenvalue weighted by Gasteiger charge is -2.10. The van der Waals surface area contributed by atoms with Crippen LogP contribution in [0.1, 0.15) is 40.1 Å². The van der Waals surface area contributed by atoms with Crippen molar-refractivity contribution < 1.29 is 13.9 Å². The number of benzene rings is 1. The van der Waals surface area contributed by atoms with E-state index in [1.54, 1.807) is 12.1 Å². The molecule has 0 unspecified atom stereocenters. The molecule has 1 amide bonds. The fourth-order valence-electron chi connectivity index (χ4n) is 2.68. The molecule has 6 heteroatoms. The van der Waals surface area contributed by atoms with E-state index in [1.807, 2.05) is 55.9 Å². The third-order valence-corrected chi connectivity index (χ3v) is 4.10. The van der Waals surface area contributed by atoms with Crippen LogP contribution in [0.2, 0.25) is 0 Å². The van der Waals surface area contributed by atoms with Crippen molar-refractivity contribution in [2.24, 2.45) is 0 Å². The van der Waals surface area contributed by atoms with Gasteiger partial charge in [0.25, 0.3) is 5.91 Å². The molecular formula is C20H23N3O3. The SMILES string of the molecule is CCn1ccc(CNC(=O)c2ccc(COc3c(C)cccc3C)o2)n1. The molecule has 0 aliphatic heterocycles. The molecule has 26 heavy (non-hydrogen) atoms. The zero-order chi connectivity index (χ0) is 18.5. The summed E-state index contributed by atoms with van der Waals surface area (Å²) >= 11 is 0. The minimum absolute atomic E-state index is 0.264. The quantitative estimate of drug-likeness (QED) is 0.704. The molecule has 3 rings (SSSR count). The largest absolute Gasteiger partial charge is 0.485 e. The molecule has 0 aliphatic rings. The van der Waals surface area contributed by atoms with Crippen molar-refractivity contribution in [3.63, 3.8) is 0 Å². The van der Waals surface area contributed by atoms with E-state index in [0.29, 0.717) is 12.3 Å². The van der Waals surface area contributed by atoms with E-state index in [-0.39, 0.29) is 18.3 Å². The highest BCUT2D eigenvalue weighted by Crippen LogP contribution is 2.23. The van der Waals surface area contributed by atoms with Crippen LogP contribution in [0.4, 0.5) is 0 Å².